The Morgan fingerprint density at radius 2 is 0.582 bits per heavy atom. The van der Waals surface area contributed by atoms with Gasteiger partial charge >= 0.3 is 0 Å². The van der Waals surface area contributed by atoms with Crippen molar-refractivity contribution in [3.8, 4) is 55.6 Å². The minimum absolute atomic E-state index is 0.925. The molecule has 0 saturated carbocycles. The van der Waals surface area contributed by atoms with Gasteiger partial charge in [-0.2, -0.15) is 0 Å². The molecule has 16 rings (SSSR count). The first-order valence-electron chi connectivity index (χ1n) is 27.6. The molecule has 372 valence electrons. The van der Waals surface area contributed by atoms with Crippen LogP contribution in [0.4, 0.5) is 0 Å². The molecule has 16 aromatic rings. The van der Waals surface area contributed by atoms with Crippen LogP contribution in [0.5, 0.6) is 0 Å². The van der Waals surface area contributed by atoms with Crippen LogP contribution < -0.4 is 0 Å². The fraction of sp³-hybridized carbons (Fsp3) is 0.0256. The average molecular weight is 1010 g/mol. The monoisotopic (exact) mass is 1010 g/mol. The van der Waals surface area contributed by atoms with Crippen LogP contribution >= 0.6 is 0 Å². The van der Waals surface area contributed by atoms with Gasteiger partial charge in [0.25, 0.3) is 0 Å². The third kappa shape index (κ3) is 8.01. The van der Waals surface area contributed by atoms with Crippen LogP contribution in [-0.2, 0) is 0 Å². The molecule has 1 heteroatoms. The highest BCUT2D eigenvalue weighted by Gasteiger charge is 2.22. The highest BCUT2D eigenvalue weighted by Crippen LogP contribution is 2.49. The van der Waals surface area contributed by atoms with Gasteiger partial charge in [-0.05, 0) is 132 Å². The van der Waals surface area contributed by atoms with Crippen LogP contribution in [-0.4, -0.2) is 0 Å². The zero-order valence-electron chi connectivity index (χ0n) is 44.1. The normalized spacial score (nSPS) is 11.4. The fourth-order valence-corrected chi connectivity index (χ4v) is 12.6. The summed E-state index contributed by atoms with van der Waals surface area (Å²) < 4.78 is 6.45. The Hall–Kier alpha value is -10.1. The number of benzene rings is 15. The average Bonchev–Trinajstić information content (AvgIpc) is 4.12. The Labute approximate surface area is 459 Å². The Bertz CT molecular complexity index is 4860. The third-order valence-corrected chi connectivity index (χ3v) is 15.9. The Kier molecular flexibility index (Phi) is 12.1. The zero-order valence-corrected chi connectivity index (χ0v) is 44.1. The van der Waals surface area contributed by atoms with Gasteiger partial charge < -0.3 is 4.42 Å². The molecule has 0 aliphatic rings. The van der Waals surface area contributed by atoms with Crippen molar-refractivity contribution in [2.75, 3.05) is 0 Å². The highest BCUT2D eigenvalue weighted by molar-refractivity contribution is 6.27. The van der Waals surface area contributed by atoms with E-state index in [2.05, 4.69) is 279 Å². The second-order valence-electron chi connectivity index (χ2n) is 20.1. The highest BCUT2D eigenvalue weighted by atomic mass is 16.3. The lowest BCUT2D eigenvalue weighted by Crippen LogP contribution is -1.93. The molecule has 0 bridgehead atoms. The maximum absolute atomic E-state index is 6.45. The van der Waals surface area contributed by atoms with E-state index in [1.54, 1.807) is 0 Å². The van der Waals surface area contributed by atoms with Crippen molar-refractivity contribution in [1.29, 1.82) is 0 Å². The molecular formula is C78H54O. The van der Waals surface area contributed by atoms with Crippen LogP contribution in [0.2, 0.25) is 0 Å². The molecule has 79 heavy (non-hydrogen) atoms. The van der Waals surface area contributed by atoms with E-state index in [1.165, 1.54) is 125 Å². The third-order valence-electron chi connectivity index (χ3n) is 15.9. The fourth-order valence-electron chi connectivity index (χ4n) is 12.6. The number of para-hydroxylation sites is 2. The minimum atomic E-state index is 0.925. The van der Waals surface area contributed by atoms with Gasteiger partial charge in [-0.3, -0.25) is 0 Å². The minimum Gasteiger partial charge on any atom is -0.455 e. The lowest BCUT2D eigenvalue weighted by molar-refractivity contribution is 0.670. The van der Waals surface area contributed by atoms with E-state index in [-0.39, 0.29) is 0 Å². The second-order valence-corrected chi connectivity index (χ2v) is 20.1. The first-order chi connectivity index (χ1) is 39.2. The lowest BCUT2D eigenvalue weighted by Gasteiger charge is -2.20. The van der Waals surface area contributed by atoms with E-state index >= 15 is 0 Å². The molecule has 0 aliphatic heterocycles. The molecule has 0 spiro atoms. The molecule has 1 heterocycles. The smallest absolute Gasteiger partial charge is 0.143 e. The molecule has 0 saturated heterocycles. The van der Waals surface area contributed by atoms with E-state index in [0.29, 0.717) is 0 Å². The van der Waals surface area contributed by atoms with Crippen LogP contribution in [0.1, 0.15) is 13.8 Å². The molecule has 0 unspecified atom stereocenters. The summed E-state index contributed by atoms with van der Waals surface area (Å²) in [6, 6.07) is 105. The van der Waals surface area contributed by atoms with Crippen LogP contribution in [0, 0.1) is 0 Å². The summed E-state index contributed by atoms with van der Waals surface area (Å²) in [6.45, 7) is 4.00. The van der Waals surface area contributed by atoms with E-state index in [1.807, 2.05) is 26.0 Å². The molecular weight excluding hydrogens is 953 g/mol. The number of furan rings is 1. The second kappa shape index (κ2) is 20.1. The van der Waals surface area contributed by atoms with Gasteiger partial charge in [-0.25, -0.2) is 0 Å². The van der Waals surface area contributed by atoms with Crippen molar-refractivity contribution < 1.29 is 4.42 Å². The van der Waals surface area contributed by atoms with Gasteiger partial charge in [0.15, 0.2) is 0 Å². The Morgan fingerprint density at radius 3 is 1.18 bits per heavy atom. The molecule has 1 nitrogen and oxygen atoms in total. The molecule has 0 radical (unpaired) electrons. The van der Waals surface area contributed by atoms with E-state index in [0.717, 1.165) is 27.5 Å². The van der Waals surface area contributed by atoms with E-state index < -0.39 is 0 Å². The van der Waals surface area contributed by atoms with Gasteiger partial charge in [0.2, 0.25) is 0 Å². The zero-order chi connectivity index (χ0) is 52.8. The van der Waals surface area contributed by atoms with Crippen molar-refractivity contribution in [3.63, 3.8) is 0 Å². The van der Waals surface area contributed by atoms with Gasteiger partial charge in [0, 0.05) is 21.9 Å². The van der Waals surface area contributed by atoms with Gasteiger partial charge in [0.05, 0.1) is 0 Å². The first-order valence-corrected chi connectivity index (χ1v) is 27.6. The molecule has 0 fully saturated rings. The van der Waals surface area contributed by atoms with Crippen LogP contribution in [0.25, 0.3) is 153 Å². The van der Waals surface area contributed by atoms with Crippen molar-refractivity contribution >= 4 is 97.3 Å². The summed E-state index contributed by atoms with van der Waals surface area (Å²) in [5.41, 5.74) is 14.4. The Balaban J connectivity index is 0.000000144. The van der Waals surface area contributed by atoms with Crippen LogP contribution in [0.3, 0.4) is 0 Å². The van der Waals surface area contributed by atoms with Gasteiger partial charge in [-0.1, -0.05) is 293 Å². The predicted molar refractivity (Wildman–Crippen MR) is 341 cm³/mol. The Morgan fingerprint density at radius 1 is 0.203 bits per heavy atom. The molecule has 0 atom stereocenters. The SMILES string of the molecule is CC.c1ccc(-c2c3ccccc3c(-c3cccc4c3oc3ccccc34)c3ccccc23)cc1.c1ccc2cc(-c3ccc(-c4c5ccccc5c(-c5cccc6ccccc56)c5ccccc45)c4ccccc34)ccc2c1. The lowest BCUT2D eigenvalue weighted by atomic mass is 9.83. The standard InChI is InChI=1S/C44H28.C32H20O.C2H6/c1-2-14-31-28-32(25-24-29(31)12-1)34-26-27-42(36-18-6-5-17-35(34)36)44-40-21-9-7-19-38(40)43(39-20-8-10-22-41(39)44)37-23-11-15-30-13-3-4-16-33(30)37;1-2-11-21(12-3-1)30-23-14-4-6-16-25(23)31(26-17-7-5-15-24(26)30)28-19-10-18-27-22-13-8-9-20-29(22)33-32(27)28;1-2/h1-28H;1-20H;1-2H3. The summed E-state index contributed by atoms with van der Waals surface area (Å²) in [4.78, 5) is 0. The largest absolute Gasteiger partial charge is 0.455 e. The van der Waals surface area contributed by atoms with Crippen molar-refractivity contribution in [3.05, 3.63) is 291 Å². The maximum atomic E-state index is 6.45. The van der Waals surface area contributed by atoms with Crippen LogP contribution in [0.15, 0.2) is 296 Å². The summed E-state index contributed by atoms with van der Waals surface area (Å²) in [7, 11) is 0. The van der Waals surface area contributed by atoms with Crippen molar-refractivity contribution in [1.82, 2.24) is 0 Å². The molecule has 0 N–H and O–H groups in total. The predicted octanol–water partition coefficient (Wildman–Crippen LogP) is 22.7. The summed E-state index contributed by atoms with van der Waals surface area (Å²) in [5.74, 6) is 0. The van der Waals surface area contributed by atoms with Gasteiger partial charge in [0.1, 0.15) is 11.2 Å². The number of rotatable bonds is 5. The molecule has 0 amide bonds. The van der Waals surface area contributed by atoms with E-state index in [9.17, 15) is 0 Å². The number of hydrogen-bond acceptors (Lipinski definition) is 1. The summed E-state index contributed by atoms with van der Waals surface area (Å²) in [6.07, 6.45) is 0. The quantitative estimate of drug-likeness (QED) is 0.157. The molecule has 0 aliphatic carbocycles. The first kappa shape index (κ1) is 47.4. The van der Waals surface area contributed by atoms with Gasteiger partial charge in [-0.15, -0.1) is 0 Å². The van der Waals surface area contributed by atoms with Crippen molar-refractivity contribution in [2.45, 2.75) is 13.8 Å². The van der Waals surface area contributed by atoms with Crippen molar-refractivity contribution in [2.24, 2.45) is 0 Å². The topological polar surface area (TPSA) is 13.1 Å². The maximum Gasteiger partial charge on any atom is 0.143 e. The van der Waals surface area contributed by atoms with E-state index in [4.69, 9.17) is 4.42 Å². The molecule has 1 aromatic heterocycles. The molecule has 15 aromatic carbocycles. The summed E-state index contributed by atoms with van der Waals surface area (Å²) >= 11 is 0. The number of hydrogen-bond donors (Lipinski definition) is 0. The summed E-state index contributed by atoms with van der Waals surface area (Å²) in [5, 5.41) is 20.0. The number of fused-ring (bicyclic) bond motifs is 10.